The number of benzene rings is 2. The lowest BCUT2D eigenvalue weighted by Crippen LogP contribution is -2.41. The van der Waals surface area contributed by atoms with E-state index >= 15 is 0 Å². The third-order valence-electron chi connectivity index (χ3n) is 3.93. The van der Waals surface area contributed by atoms with E-state index < -0.39 is 6.10 Å². The number of aryl methyl sites for hydroxylation is 2. The number of amides is 2. The van der Waals surface area contributed by atoms with Crippen LogP contribution in [-0.2, 0) is 9.59 Å². The number of nitrogens with one attached hydrogen (secondary N) is 2. The minimum atomic E-state index is -0.662. The predicted octanol–water partition coefficient (Wildman–Crippen LogP) is 3.04. The minimum absolute atomic E-state index is 0.0755. The van der Waals surface area contributed by atoms with Gasteiger partial charge < -0.3 is 20.1 Å². The van der Waals surface area contributed by atoms with Crippen molar-refractivity contribution in [2.24, 2.45) is 0 Å². The first-order valence-electron chi connectivity index (χ1n) is 9.02. The van der Waals surface area contributed by atoms with Crippen molar-refractivity contribution in [3.63, 3.8) is 0 Å². The summed E-state index contributed by atoms with van der Waals surface area (Å²) in [5.41, 5.74) is 2.12. The molecular formula is C21H25ClN2O4. The van der Waals surface area contributed by atoms with E-state index in [-0.39, 0.29) is 18.4 Å². The fourth-order valence-corrected chi connectivity index (χ4v) is 2.58. The molecule has 0 aliphatic rings. The lowest BCUT2D eigenvalue weighted by atomic mass is 10.1. The van der Waals surface area contributed by atoms with E-state index in [1.165, 1.54) is 0 Å². The van der Waals surface area contributed by atoms with E-state index in [0.29, 0.717) is 29.6 Å². The van der Waals surface area contributed by atoms with Gasteiger partial charge in [0.2, 0.25) is 0 Å². The van der Waals surface area contributed by atoms with Crippen molar-refractivity contribution in [3.05, 3.63) is 58.6 Å². The Morgan fingerprint density at radius 1 is 1.04 bits per heavy atom. The Bertz CT molecular complexity index is 809. The molecule has 2 amide bonds. The molecule has 0 saturated carbocycles. The molecule has 2 aromatic carbocycles. The Morgan fingerprint density at radius 3 is 2.39 bits per heavy atom. The third kappa shape index (κ3) is 7.12. The van der Waals surface area contributed by atoms with E-state index in [0.717, 1.165) is 11.1 Å². The molecule has 0 saturated heterocycles. The van der Waals surface area contributed by atoms with Crippen molar-refractivity contribution in [2.75, 3.05) is 19.7 Å². The Kier molecular flexibility index (Phi) is 8.14. The van der Waals surface area contributed by atoms with Crippen LogP contribution in [0, 0.1) is 13.8 Å². The van der Waals surface area contributed by atoms with Crippen molar-refractivity contribution in [3.8, 4) is 11.5 Å². The second kappa shape index (κ2) is 10.6. The molecule has 1 unspecified atom stereocenters. The molecule has 0 fully saturated rings. The number of hydrogen-bond acceptors (Lipinski definition) is 4. The van der Waals surface area contributed by atoms with E-state index in [2.05, 4.69) is 10.6 Å². The van der Waals surface area contributed by atoms with Gasteiger partial charge in [0, 0.05) is 18.1 Å². The van der Waals surface area contributed by atoms with Gasteiger partial charge in [-0.2, -0.15) is 0 Å². The summed E-state index contributed by atoms with van der Waals surface area (Å²) in [6, 6.07) is 12.6. The van der Waals surface area contributed by atoms with Gasteiger partial charge in [-0.15, -0.1) is 0 Å². The lowest BCUT2D eigenvalue weighted by Gasteiger charge is -2.15. The summed E-state index contributed by atoms with van der Waals surface area (Å²) < 4.78 is 11.1. The summed E-state index contributed by atoms with van der Waals surface area (Å²) in [4.78, 5) is 23.9. The van der Waals surface area contributed by atoms with E-state index in [1.807, 2.05) is 32.0 Å². The van der Waals surface area contributed by atoms with Crippen LogP contribution in [0.15, 0.2) is 42.5 Å². The first-order chi connectivity index (χ1) is 13.3. The molecule has 150 valence electrons. The molecule has 1 atom stereocenters. The molecule has 6 nitrogen and oxygen atoms in total. The van der Waals surface area contributed by atoms with E-state index in [4.69, 9.17) is 21.1 Å². The summed E-state index contributed by atoms with van der Waals surface area (Å²) >= 11 is 5.81. The summed E-state index contributed by atoms with van der Waals surface area (Å²) in [7, 11) is 0. The van der Waals surface area contributed by atoms with Crippen LogP contribution in [0.25, 0.3) is 0 Å². The van der Waals surface area contributed by atoms with Crippen molar-refractivity contribution in [1.29, 1.82) is 0 Å². The van der Waals surface area contributed by atoms with E-state index in [1.54, 1.807) is 31.2 Å². The zero-order valence-electron chi connectivity index (χ0n) is 16.3. The molecule has 0 aliphatic carbocycles. The van der Waals surface area contributed by atoms with Crippen LogP contribution in [0.4, 0.5) is 0 Å². The molecule has 2 aromatic rings. The monoisotopic (exact) mass is 404 g/mol. The van der Waals surface area contributed by atoms with Crippen LogP contribution >= 0.6 is 11.6 Å². The van der Waals surface area contributed by atoms with Crippen molar-refractivity contribution < 1.29 is 19.1 Å². The van der Waals surface area contributed by atoms with Gasteiger partial charge in [-0.05, 0) is 56.7 Å². The smallest absolute Gasteiger partial charge is 0.260 e. The van der Waals surface area contributed by atoms with Crippen LogP contribution in [-0.4, -0.2) is 37.6 Å². The Labute approximate surface area is 170 Å². The normalized spacial score (nSPS) is 11.4. The molecule has 0 heterocycles. The van der Waals surface area contributed by atoms with Gasteiger partial charge in [-0.3, -0.25) is 9.59 Å². The maximum atomic E-state index is 12.0. The summed E-state index contributed by atoms with van der Waals surface area (Å²) in [5, 5.41) is 6.01. The standard InChI is InChI=1S/C21H25ClN2O4/c1-14-4-9-19(15(2)12-14)27-13-20(25)23-10-11-24-21(26)16(3)28-18-7-5-17(22)6-8-18/h4-9,12,16H,10-11,13H2,1-3H3,(H,23,25)(H,24,26). The number of carbonyl (C=O) groups excluding carboxylic acids is 2. The highest BCUT2D eigenvalue weighted by Gasteiger charge is 2.14. The lowest BCUT2D eigenvalue weighted by molar-refractivity contribution is -0.127. The van der Waals surface area contributed by atoms with Gasteiger partial charge in [-0.1, -0.05) is 29.3 Å². The maximum Gasteiger partial charge on any atom is 0.260 e. The SMILES string of the molecule is Cc1ccc(OCC(=O)NCCNC(=O)C(C)Oc2ccc(Cl)cc2)c(C)c1. The topological polar surface area (TPSA) is 76.7 Å². The molecule has 7 heteroatoms. The minimum Gasteiger partial charge on any atom is -0.484 e. The highest BCUT2D eigenvalue weighted by Crippen LogP contribution is 2.18. The van der Waals surface area contributed by atoms with Crippen molar-refractivity contribution in [2.45, 2.75) is 26.9 Å². The third-order valence-corrected chi connectivity index (χ3v) is 4.18. The van der Waals surface area contributed by atoms with Gasteiger partial charge >= 0.3 is 0 Å². The Balaban J connectivity index is 1.63. The summed E-state index contributed by atoms with van der Waals surface area (Å²) in [6.07, 6.45) is -0.662. The number of halogens is 1. The summed E-state index contributed by atoms with van der Waals surface area (Å²) in [5.74, 6) is 0.724. The molecule has 0 radical (unpaired) electrons. The van der Waals surface area contributed by atoms with Crippen LogP contribution in [0.2, 0.25) is 5.02 Å². The van der Waals surface area contributed by atoms with Crippen LogP contribution in [0.5, 0.6) is 11.5 Å². The number of rotatable bonds is 9. The average Bonchev–Trinajstić information content (AvgIpc) is 2.66. The average molecular weight is 405 g/mol. The Morgan fingerprint density at radius 2 is 1.71 bits per heavy atom. The second-order valence-corrected chi connectivity index (χ2v) is 6.85. The molecule has 2 rings (SSSR count). The highest BCUT2D eigenvalue weighted by atomic mass is 35.5. The Hall–Kier alpha value is -2.73. The van der Waals surface area contributed by atoms with Crippen molar-refractivity contribution >= 4 is 23.4 Å². The first kappa shape index (κ1) is 21.6. The first-order valence-corrected chi connectivity index (χ1v) is 9.39. The molecule has 2 N–H and O–H groups in total. The quantitative estimate of drug-likeness (QED) is 0.630. The van der Waals surface area contributed by atoms with Crippen LogP contribution < -0.4 is 20.1 Å². The van der Waals surface area contributed by atoms with Gasteiger partial charge in [0.1, 0.15) is 11.5 Å². The number of hydrogen-bond donors (Lipinski definition) is 2. The maximum absolute atomic E-state index is 12.0. The summed E-state index contributed by atoms with van der Waals surface area (Å²) in [6.45, 7) is 6.10. The predicted molar refractivity (Wildman–Crippen MR) is 109 cm³/mol. The molecule has 28 heavy (non-hydrogen) atoms. The zero-order chi connectivity index (χ0) is 20.5. The number of ether oxygens (including phenoxy) is 2. The fraction of sp³-hybridized carbons (Fsp3) is 0.333. The zero-order valence-corrected chi connectivity index (χ0v) is 17.0. The molecule has 0 spiro atoms. The van der Waals surface area contributed by atoms with Gasteiger partial charge in [-0.25, -0.2) is 0 Å². The van der Waals surface area contributed by atoms with E-state index in [9.17, 15) is 9.59 Å². The van der Waals surface area contributed by atoms with Gasteiger partial charge in [0.15, 0.2) is 12.7 Å². The van der Waals surface area contributed by atoms with Crippen LogP contribution in [0.1, 0.15) is 18.1 Å². The molecule has 0 aliphatic heterocycles. The van der Waals surface area contributed by atoms with Gasteiger partial charge in [0.05, 0.1) is 0 Å². The molecule has 0 bridgehead atoms. The molecule has 0 aromatic heterocycles. The number of carbonyl (C=O) groups is 2. The highest BCUT2D eigenvalue weighted by molar-refractivity contribution is 6.30. The molecular weight excluding hydrogens is 380 g/mol. The van der Waals surface area contributed by atoms with Gasteiger partial charge in [0.25, 0.3) is 11.8 Å². The second-order valence-electron chi connectivity index (χ2n) is 6.41. The largest absolute Gasteiger partial charge is 0.484 e. The van der Waals surface area contributed by atoms with Crippen molar-refractivity contribution in [1.82, 2.24) is 10.6 Å². The van der Waals surface area contributed by atoms with Crippen LogP contribution in [0.3, 0.4) is 0 Å². The fourth-order valence-electron chi connectivity index (χ4n) is 2.46.